The molecule has 0 bridgehead atoms. The molecule has 2 amide bonds. The molecule has 0 aliphatic heterocycles. The summed E-state index contributed by atoms with van der Waals surface area (Å²) in [6.07, 6.45) is 0.785. The zero-order valence-electron chi connectivity index (χ0n) is 15.8. The zero-order valence-corrected chi connectivity index (χ0v) is 18.2. The van der Waals surface area contributed by atoms with Gasteiger partial charge in [-0.15, -0.1) is 11.8 Å². The third-order valence-electron chi connectivity index (χ3n) is 3.85. The van der Waals surface area contributed by atoms with E-state index in [2.05, 4.69) is 26.6 Å². The summed E-state index contributed by atoms with van der Waals surface area (Å²) in [6.45, 7) is 3.16. The topological polar surface area (TPSA) is 67.4 Å². The number of carbonyl (C=O) groups excluding carboxylic acids is 2. The van der Waals surface area contributed by atoms with E-state index in [9.17, 15) is 9.59 Å². The normalized spacial score (nSPS) is 11.6. The van der Waals surface area contributed by atoms with E-state index in [1.54, 1.807) is 0 Å². The van der Waals surface area contributed by atoms with E-state index in [4.69, 9.17) is 4.74 Å². The van der Waals surface area contributed by atoms with Crippen LogP contribution in [0.5, 0.6) is 0 Å². The second kappa shape index (κ2) is 12.6. The van der Waals surface area contributed by atoms with Gasteiger partial charge in [-0.2, -0.15) is 0 Å². The van der Waals surface area contributed by atoms with Crippen LogP contribution in [0, 0.1) is 0 Å². The van der Waals surface area contributed by atoms with Crippen molar-refractivity contribution in [3.05, 3.63) is 64.6 Å². The maximum atomic E-state index is 11.9. The van der Waals surface area contributed by atoms with E-state index < -0.39 is 0 Å². The molecule has 0 saturated carbocycles. The van der Waals surface area contributed by atoms with Gasteiger partial charge in [0.15, 0.2) is 0 Å². The van der Waals surface area contributed by atoms with Crippen LogP contribution in [0.1, 0.15) is 25.0 Å². The molecule has 0 radical (unpaired) electrons. The van der Waals surface area contributed by atoms with E-state index in [1.807, 2.05) is 61.5 Å². The van der Waals surface area contributed by atoms with Crippen LogP contribution in [-0.2, 0) is 14.3 Å². The number of benzene rings is 2. The lowest BCUT2D eigenvalue weighted by Gasteiger charge is -2.13. The highest BCUT2D eigenvalue weighted by molar-refractivity contribution is 9.10. The van der Waals surface area contributed by atoms with Crippen molar-refractivity contribution in [1.29, 1.82) is 0 Å². The first-order chi connectivity index (χ1) is 13.5. The van der Waals surface area contributed by atoms with Gasteiger partial charge in [-0.1, -0.05) is 52.3 Å². The standard InChI is InChI=1S/C21H25BrN2O3S/c1-16(17-7-3-2-4-8-17)27-12-6-11-23-20(25)14-28-15-21(26)24-19-10-5-9-18(22)13-19/h2-5,7-10,13,16H,6,11-12,14-15H2,1H3,(H,23,25)(H,24,26). The monoisotopic (exact) mass is 464 g/mol. The number of hydrogen-bond acceptors (Lipinski definition) is 4. The Labute approximate surface area is 178 Å². The fourth-order valence-corrected chi connectivity index (χ4v) is 3.48. The van der Waals surface area contributed by atoms with Gasteiger partial charge < -0.3 is 15.4 Å². The SMILES string of the molecule is CC(OCCCNC(=O)CSCC(=O)Nc1cccc(Br)c1)c1ccccc1. The van der Waals surface area contributed by atoms with Crippen LogP contribution in [0.25, 0.3) is 0 Å². The predicted molar refractivity (Wildman–Crippen MR) is 119 cm³/mol. The second-order valence-electron chi connectivity index (χ2n) is 6.18. The maximum absolute atomic E-state index is 11.9. The van der Waals surface area contributed by atoms with Gasteiger partial charge in [0.25, 0.3) is 0 Å². The quantitative estimate of drug-likeness (QED) is 0.483. The Balaban J connectivity index is 1.51. The summed E-state index contributed by atoms with van der Waals surface area (Å²) in [4.78, 5) is 23.7. The molecule has 7 heteroatoms. The van der Waals surface area contributed by atoms with Crippen molar-refractivity contribution in [2.45, 2.75) is 19.4 Å². The van der Waals surface area contributed by atoms with E-state index in [-0.39, 0.29) is 29.4 Å². The first-order valence-corrected chi connectivity index (χ1v) is 11.1. The Morgan fingerprint density at radius 3 is 2.57 bits per heavy atom. The molecule has 1 unspecified atom stereocenters. The molecule has 1 atom stereocenters. The lowest BCUT2D eigenvalue weighted by Crippen LogP contribution is -2.27. The number of ether oxygens (including phenoxy) is 1. The molecule has 5 nitrogen and oxygen atoms in total. The fraction of sp³-hybridized carbons (Fsp3) is 0.333. The van der Waals surface area contributed by atoms with Crippen LogP contribution in [0.2, 0.25) is 0 Å². The highest BCUT2D eigenvalue weighted by Crippen LogP contribution is 2.16. The predicted octanol–water partition coefficient (Wildman–Crippen LogP) is 4.40. The molecule has 2 N–H and O–H groups in total. The number of anilines is 1. The third-order valence-corrected chi connectivity index (χ3v) is 5.28. The van der Waals surface area contributed by atoms with Gasteiger partial charge in [0.1, 0.15) is 0 Å². The van der Waals surface area contributed by atoms with Gasteiger partial charge in [0.05, 0.1) is 17.6 Å². The molecular formula is C21H25BrN2O3S. The van der Waals surface area contributed by atoms with E-state index >= 15 is 0 Å². The van der Waals surface area contributed by atoms with Crippen LogP contribution < -0.4 is 10.6 Å². The van der Waals surface area contributed by atoms with Crippen LogP contribution in [-0.4, -0.2) is 36.5 Å². The fourth-order valence-electron chi connectivity index (χ4n) is 2.43. The molecule has 0 heterocycles. The summed E-state index contributed by atoms with van der Waals surface area (Å²) in [5, 5.41) is 5.65. The van der Waals surface area contributed by atoms with Crippen molar-refractivity contribution in [3.8, 4) is 0 Å². The van der Waals surface area contributed by atoms with Crippen LogP contribution in [0.15, 0.2) is 59.1 Å². The molecule has 2 aromatic carbocycles. The van der Waals surface area contributed by atoms with Crippen LogP contribution in [0.3, 0.4) is 0 Å². The number of carbonyl (C=O) groups is 2. The molecule has 0 spiro atoms. The first-order valence-electron chi connectivity index (χ1n) is 9.11. The largest absolute Gasteiger partial charge is 0.374 e. The lowest BCUT2D eigenvalue weighted by atomic mass is 10.1. The molecule has 0 saturated heterocycles. The van der Waals surface area contributed by atoms with Gasteiger partial charge in [-0.05, 0) is 37.1 Å². The summed E-state index contributed by atoms with van der Waals surface area (Å²) in [5.74, 6) is 0.292. The van der Waals surface area contributed by atoms with Crippen molar-refractivity contribution in [2.24, 2.45) is 0 Å². The average Bonchev–Trinajstić information content (AvgIpc) is 2.68. The second-order valence-corrected chi connectivity index (χ2v) is 8.08. The summed E-state index contributed by atoms with van der Waals surface area (Å²) in [7, 11) is 0. The third kappa shape index (κ3) is 8.91. The Hall–Kier alpha value is -1.83. The number of nitrogens with one attached hydrogen (secondary N) is 2. The Morgan fingerprint density at radius 2 is 1.82 bits per heavy atom. The maximum Gasteiger partial charge on any atom is 0.234 e. The van der Waals surface area contributed by atoms with Crippen LogP contribution in [0.4, 0.5) is 5.69 Å². The molecule has 2 rings (SSSR count). The van der Waals surface area contributed by atoms with E-state index in [1.165, 1.54) is 11.8 Å². The zero-order chi connectivity index (χ0) is 20.2. The molecule has 0 aliphatic carbocycles. The summed E-state index contributed by atoms with van der Waals surface area (Å²) in [5.41, 5.74) is 1.87. The summed E-state index contributed by atoms with van der Waals surface area (Å²) >= 11 is 4.65. The molecule has 150 valence electrons. The summed E-state index contributed by atoms with van der Waals surface area (Å²) < 4.78 is 6.68. The minimum Gasteiger partial charge on any atom is -0.374 e. The number of halogens is 1. The van der Waals surface area contributed by atoms with Crippen molar-refractivity contribution in [3.63, 3.8) is 0 Å². The Kier molecular flexibility index (Phi) is 10.1. The summed E-state index contributed by atoms with van der Waals surface area (Å²) in [6, 6.07) is 17.4. The molecule has 28 heavy (non-hydrogen) atoms. The van der Waals surface area contributed by atoms with Crippen molar-refractivity contribution in [2.75, 3.05) is 30.0 Å². The number of rotatable bonds is 11. The van der Waals surface area contributed by atoms with Crippen molar-refractivity contribution < 1.29 is 14.3 Å². The molecule has 2 aromatic rings. The first kappa shape index (κ1) is 22.5. The molecular weight excluding hydrogens is 440 g/mol. The Morgan fingerprint density at radius 1 is 1.07 bits per heavy atom. The molecule has 0 fully saturated rings. The van der Waals surface area contributed by atoms with Crippen LogP contribution >= 0.6 is 27.7 Å². The van der Waals surface area contributed by atoms with Gasteiger partial charge in [-0.25, -0.2) is 0 Å². The number of thioether (sulfide) groups is 1. The van der Waals surface area contributed by atoms with Crippen molar-refractivity contribution >= 4 is 45.2 Å². The van der Waals surface area contributed by atoms with E-state index in [0.717, 1.165) is 22.1 Å². The average molecular weight is 465 g/mol. The molecule has 0 aromatic heterocycles. The van der Waals surface area contributed by atoms with Gasteiger partial charge in [-0.3, -0.25) is 9.59 Å². The Bertz CT molecular complexity index is 758. The molecule has 0 aliphatic rings. The highest BCUT2D eigenvalue weighted by Gasteiger charge is 2.07. The van der Waals surface area contributed by atoms with Gasteiger partial charge >= 0.3 is 0 Å². The van der Waals surface area contributed by atoms with Gasteiger partial charge in [0.2, 0.25) is 11.8 Å². The van der Waals surface area contributed by atoms with E-state index in [0.29, 0.717) is 13.2 Å². The smallest absolute Gasteiger partial charge is 0.234 e. The highest BCUT2D eigenvalue weighted by atomic mass is 79.9. The lowest BCUT2D eigenvalue weighted by molar-refractivity contribution is -0.118. The number of hydrogen-bond donors (Lipinski definition) is 2. The van der Waals surface area contributed by atoms with Gasteiger partial charge in [0, 0.05) is 23.3 Å². The minimum atomic E-state index is -0.126. The number of amides is 2. The minimum absolute atomic E-state index is 0.0382. The van der Waals surface area contributed by atoms with Crippen molar-refractivity contribution in [1.82, 2.24) is 5.32 Å².